The van der Waals surface area contributed by atoms with Crippen molar-refractivity contribution in [2.24, 2.45) is 0 Å². The van der Waals surface area contributed by atoms with Gasteiger partial charge >= 0.3 is 5.97 Å². The van der Waals surface area contributed by atoms with Crippen molar-refractivity contribution in [3.05, 3.63) is 17.5 Å². The molecule has 5 heteroatoms. The van der Waals surface area contributed by atoms with Gasteiger partial charge in [0.2, 0.25) is 0 Å². The lowest BCUT2D eigenvalue weighted by Crippen LogP contribution is -2.31. The van der Waals surface area contributed by atoms with Gasteiger partial charge in [0.15, 0.2) is 0 Å². The van der Waals surface area contributed by atoms with Gasteiger partial charge in [-0.15, -0.1) is 0 Å². The number of aryl methyl sites for hydroxylation is 1. The van der Waals surface area contributed by atoms with E-state index in [2.05, 4.69) is 10.5 Å². The van der Waals surface area contributed by atoms with Crippen molar-refractivity contribution in [2.45, 2.75) is 31.8 Å². The Balaban J connectivity index is 2.10. The number of nitrogens with one attached hydrogen (secondary N) is 1. The first-order valence-corrected chi connectivity index (χ1v) is 4.58. The van der Waals surface area contributed by atoms with Crippen LogP contribution in [-0.2, 0) is 4.79 Å². The van der Waals surface area contributed by atoms with Crippen molar-refractivity contribution in [3.8, 4) is 0 Å². The highest BCUT2D eigenvalue weighted by Crippen LogP contribution is 2.28. The number of carboxylic acid groups (broad SMARTS) is 1. The first kappa shape index (κ1) is 9.21. The van der Waals surface area contributed by atoms with Crippen molar-refractivity contribution in [3.63, 3.8) is 0 Å². The summed E-state index contributed by atoms with van der Waals surface area (Å²) in [5.41, 5.74) is 0.966. The second-order valence-electron chi connectivity index (χ2n) is 3.52. The van der Waals surface area contributed by atoms with Crippen LogP contribution in [0.1, 0.15) is 30.2 Å². The van der Waals surface area contributed by atoms with E-state index in [1.807, 2.05) is 6.92 Å². The van der Waals surface area contributed by atoms with Crippen LogP contribution >= 0.6 is 0 Å². The monoisotopic (exact) mass is 196 g/mol. The molecule has 0 spiro atoms. The average molecular weight is 196 g/mol. The molecule has 14 heavy (non-hydrogen) atoms. The molecular weight excluding hydrogens is 184 g/mol. The van der Waals surface area contributed by atoms with Crippen LogP contribution in [0.4, 0.5) is 0 Å². The molecule has 2 heterocycles. The van der Waals surface area contributed by atoms with Gasteiger partial charge in [-0.25, -0.2) is 0 Å². The lowest BCUT2D eigenvalue weighted by atomic mass is 10.1. The molecule has 2 unspecified atom stereocenters. The second-order valence-corrected chi connectivity index (χ2v) is 3.52. The summed E-state index contributed by atoms with van der Waals surface area (Å²) in [5, 5.41) is 15.5. The molecule has 0 amide bonds. The Morgan fingerprint density at radius 3 is 3.00 bits per heavy atom. The maximum Gasteiger partial charge on any atom is 0.320 e. The quantitative estimate of drug-likeness (QED) is 0.733. The topological polar surface area (TPSA) is 75.4 Å². The third-order valence-electron chi connectivity index (χ3n) is 2.61. The minimum Gasteiger partial charge on any atom is -0.480 e. The lowest BCUT2D eigenvalue weighted by Gasteiger charge is -2.09. The van der Waals surface area contributed by atoms with Crippen LogP contribution in [-0.4, -0.2) is 22.3 Å². The zero-order valence-corrected chi connectivity index (χ0v) is 7.86. The van der Waals surface area contributed by atoms with Crippen molar-refractivity contribution in [1.82, 2.24) is 10.5 Å². The van der Waals surface area contributed by atoms with Crippen LogP contribution in [0.15, 0.2) is 10.7 Å². The van der Waals surface area contributed by atoms with Crippen LogP contribution in [0.5, 0.6) is 0 Å². The van der Waals surface area contributed by atoms with E-state index in [0.717, 1.165) is 17.7 Å². The van der Waals surface area contributed by atoms with Crippen molar-refractivity contribution < 1.29 is 14.4 Å². The molecule has 1 aliphatic rings. The summed E-state index contributed by atoms with van der Waals surface area (Å²) in [6.45, 7) is 1.83. The second kappa shape index (κ2) is 3.42. The fourth-order valence-corrected chi connectivity index (χ4v) is 1.82. The summed E-state index contributed by atoms with van der Waals surface area (Å²) in [5.74, 6) is -0.0323. The average Bonchev–Trinajstić information content (AvgIpc) is 2.71. The highest BCUT2D eigenvalue weighted by atomic mass is 16.5. The summed E-state index contributed by atoms with van der Waals surface area (Å²) in [4.78, 5) is 10.7. The number of aromatic nitrogens is 1. The number of aliphatic carboxylic acids is 1. The molecule has 2 atom stereocenters. The van der Waals surface area contributed by atoms with Crippen LogP contribution in [0, 0.1) is 6.92 Å². The van der Waals surface area contributed by atoms with E-state index in [0.29, 0.717) is 6.42 Å². The van der Waals surface area contributed by atoms with Crippen LogP contribution in [0.25, 0.3) is 0 Å². The van der Waals surface area contributed by atoms with Gasteiger partial charge in [0, 0.05) is 11.6 Å². The number of nitrogens with zero attached hydrogens (tertiary/aromatic N) is 1. The van der Waals surface area contributed by atoms with E-state index in [1.165, 1.54) is 0 Å². The number of carboxylic acids is 1. The highest BCUT2D eigenvalue weighted by Gasteiger charge is 2.31. The van der Waals surface area contributed by atoms with Gasteiger partial charge in [-0.2, -0.15) is 0 Å². The Labute approximate surface area is 81.1 Å². The number of carbonyl (C=O) groups is 1. The summed E-state index contributed by atoms with van der Waals surface area (Å²) in [6, 6.07) is -0.364. The largest absolute Gasteiger partial charge is 0.480 e. The summed E-state index contributed by atoms with van der Waals surface area (Å²) in [6.07, 6.45) is 3.13. The first-order valence-electron chi connectivity index (χ1n) is 4.58. The minimum absolute atomic E-state index is 0.0716. The van der Waals surface area contributed by atoms with Gasteiger partial charge in [-0.05, 0) is 19.8 Å². The van der Waals surface area contributed by atoms with Crippen molar-refractivity contribution in [1.29, 1.82) is 0 Å². The van der Waals surface area contributed by atoms with E-state index in [4.69, 9.17) is 9.63 Å². The van der Waals surface area contributed by atoms with Crippen molar-refractivity contribution in [2.75, 3.05) is 0 Å². The lowest BCUT2D eigenvalue weighted by molar-refractivity contribution is -0.139. The van der Waals surface area contributed by atoms with Crippen LogP contribution in [0.2, 0.25) is 0 Å². The fraction of sp³-hybridized carbons (Fsp3) is 0.556. The number of hydrogen-bond acceptors (Lipinski definition) is 4. The van der Waals surface area contributed by atoms with E-state index in [-0.39, 0.29) is 6.04 Å². The Morgan fingerprint density at radius 1 is 1.71 bits per heavy atom. The molecule has 1 saturated heterocycles. The molecule has 0 radical (unpaired) electrons. The Morgan fingerprint density at radius 2 is 2.50 bits per heavy atom. The standard InChI is InChI=1S/C9H12N2O3/c1-5-6(4-10-14-5)7-2-3-8(11-7)9(12)13/h4,7-8,11H,2-3H2,1H3,(H,12,13). The zero-order valence-electron chi connectivity index (χ0n) is 7.86. The molecule has 1 fully saturated rings. The van der Waals surface area contributed by atoms with E-state index in [1.54, 1.807) is 6.20 Å². The predicted molar refractivity (Wildman–Crippen MR) is 47.8 cm³/mol. The normalized spacial score (nSPS) is 26.6. The third-order valence-corrected chi connectivity index (χ3v) is 2.61. The van der Waals surface area contributed by atoms with Crippen LogP contribution < -0.4 is 5.32 Å². The van der Waals surface area contributed by atoms with E-state index >= 15 is 0 Å². The molecule has 2 rings (SSSR count). The van der Waals surface area contributed by atoms with Crippen molar-refractivity contribution >= 4 is 5.97 Å². The highest BCUT2D eigenvalue weighted by molar-refractivity contribution is 5.73. The van der Waals surface area contributed by atoms with E-state index in [9.17, 15) is 4.79 Å². The summed E-state index contributed by atoms with van der Waals surface area (Å²) >= 11 is 0. The van der Waals surface area contributed by atoms with Gasteiger partial charge in [-0.1, -0.05) is 5.16 Å². The maximum atomic E-state index is 10.7. The van der Waals surface area contributed by atoms with Gasteiger partial charge in [0.1, 0.15) is 11.8 Å². The minimum atomic E-state index is -0.790. The molecule has 0 bridgehead atoms. The SMILES string of the molecule is Cc1oncc1C1CCC(C(=O)O)N1. The molecule has 1 aromatic rings. The number of rotatable bonds is 2. The van der Waals surface area contributed by atoms with Gasteiger partial charge in [0.05, 0.1) is 6.20 Å². The molecule has 76 valence electrons. The zero-order chi connectivity index (χ0) is 10.1. The van der Waals surface area contributed by atoms with Gasteiger partial charge < -0.3 is 9.63 Å². The molecule has 5 nitrogen and oxygen atoms in total. The first-order chi connectivity index (χ1) is 6.68. The van der Waals surface area contributed by atoms with Gasteiger partial charge in [-0.3, -0.25) is 10.1 Å². The maximum absolute atomic E-state index is 10.7. The Kier molecular flexibility index (Phi) is 2.25. The summed E-state index contributed by atoms with van der Waals surface area (Å²) in [7, 11) is 0. The molecule has 2 N–H and O–H groups in total. The van der Waals surface area contributed by atoms with Crippen LogP contribution in [0.3, 0.4) is 0 Å². The number of hydrogen-bond donors (Lipinski definition) is 2. The molecular formula is C9H12N2O3. The Bertz CT molecular complexity index is 348. The Hall–Kier alpha value is -1.36. The summed E-state index contributed by atoms with van der Waals surface area (Å²) < 4.78 is 4.94. The van der Waals surface area contributed by atoms with E-state index < -0.39 is 12.0 Å². The predicted octanol–water partition coefficient (Wildman–Crippen LogP) is 0.861. The smallest absolute Gasteiger partial charge is 0.320 e. The molecule has 0 aromatic carbocycles. The molecule has 0 saturated carbocycles. The molecule has 1 aromatic heterocycles. The fourth-order valence-electron chi connectivity index (χ4n) is 1.82. The van der Waals surface area contributed by atoms with Gasteiger partial charge in [0.25, 0.3) is 0 Å². The molecule has 1 aliphatic heterocycles. The third kappa shape index (κ3) is 1.50. The molecule has 0 aliphatic carbocycles.